The van der Waals surface area contributed by atoms with Gasteiger partial charge in [-0.05, 0) is 25.6 Å². The van der Waals surface area contributed by atoms with Gasteiger partial charge in [0.2, 0.25) is 0 Å². The molecule has 0 fully saturated rings. The quantitative estimate of drug-likeness (QED) is 0.820. The number of aryl methyl sites for hydroxylation is 1. The summed E-state index contributed by atoms with van der Waals surface area (Å²) in [7, 11) is 3.81. The monoisotopic (exact) mass is 245 g/mol. The second-order valence-corrected chi connectivity index (χ2v) is 4.24. The molecular formula is C14H19N3O. The minimum atomic E-state index is -0.110. The number of benzene rings is 1. The van der Waals surface area contributed by atoms with Gasteiger partial charge < -0.3 is 4.74 Å². The Hall–Kier alpha value is -1.65. The smallest absolute Gasteiger partial charge is 0.126 e. The molecule has 1 N–H and O–H groups in total. The molecule has 1 aromatic carbocycles. The van der Waals surface area contributed by atoms with E-state index in [4.69, 9.17) is 4.74 Å². The highest BCUT2D eigenvalue weighted by molar-refractivity contribution is 5.25. The number of nitrogens with zero attached hydrogens (tertiary/aromatic N) is 2. The van der Waals surface area contributed by atoms with E-state index in [1.165, 1.54) is 0 Å². The van der Waals surface area contributed by atoms with Crippen molar-refractivity contribution in [1.82, 2.24) is 15.1 Å². The third-order valence-corrected chi connectivity index (χ3v) is 2.98. The van der Waals surface area contributed by atoms with E-state index in [1.807, 2.05) is 50.0 Å². The molecule has 0 amide bonds. The number of rotatable bonds is 5. The van der Waals surface area contributed by atoms with E-state index in [0.29, 0.717) is 0 Å². The van der Waals surface area contributed by atoms with Crippen LogP contribution >= 0.6 is 0 Å². The summed E-state index contributed by atoms with van der Waals surface area (Å²) in [6, 6.07) is 12.2. The van der Waals surface area contributed by atoms with Gasteiger partial charge in [-0.3, -0.25) is 10.00 Å². The van der Waals surface area contributed by atoms with Crippen molar-refractivity contribution in [3.05, 3.63) is 53.9 Å². The van der Waals surface area contributed by atoms with Gasteiger partial charge in [-0.2, -0.15) is 5.10 Å². The molecule has 2 rings (SSSR count). The largest absolute Gasteiger partial charge is 0.349 e. The minimum absolute atomic E-state index is 0.0230. The number of nitrogens with one attached hydrogen (secondary N) is 1. The highest BCUT2D eigenvalue weighted by Gasteiger charge is 2.19. The summed E-state index contributed by atoms with van der Waals surface area (Å²) < 4.78 is 7.89. The fraction of sp³-hybridized carbons (Fsp3) is 0.357. The normalized spacial score (nSPS) is 14.4. The van der Waals surface area contributed by atoms with Crippen LogP contribution < -0.4 is 5.32 Å². The van der Waals surface area contributed by atoms with Gasteiger partial charge in [0.25, 0.3) is 0 Å². The number of ether oxygens (including phenoxy) is 1. The molecular weight excluding hydrogens is 226 g/mol. The second-order valence-electron chi connectivity index (χ2n) is 4.24. The summed E-state index contributed by atoms with van der Waals surface area (Å²) in [6.45, 7) is 1.99. The van der Waals surface area contributed by atoms with E-state index in [0.717, 1.165) is 11.3 Å². The summed E-state index contributed by atoms with van der Waals surface area (Å²) in [4.78, 5) is 0. The van der Waals surface area contributed by atoms with Crippen LogP contribution in [-0.4, -0.2) is 23.1 Å². The van der Waals surface area contributed by atoms with Gasteiger partial charge in [-0.15, -0.1) is 0 Å². The van der Waals surface area contributed by atoms with Gasteiger partial charge in [-0.25, -0.2) is 0 Å². The first-order valence-electron chi connectivity index (χ1n) is 6.08. The lowest BCUT2D eigenvalue weighted by Gasteiger charge is -2.22. The SMILES string of the molecule is CN[C@@H](C)OC(c1ccccc1)c1ccnn1C. The van der Waals surface area contributed by atoms with Crippen molar-refractivity contribution < 1.29 is 4.74 Å². The van der Waals surface area contributed by atoms with Crippen molar-refractivity contribution in [1.29, 1.82) is 0 Å². The van der Waals surface area contributed by atoms with E-state index >= 15 is 0 Å². The fourth-order valence-corrected chi connectivity index (χ4v) is 1.86. The van der Waals surface area contributed by atoms with Crippen molar-refractivity contribution in [3.63, 3.8) is 0 Å². The lowest BCUT2D eigenvalue weighted by atomic mass is 10.1. The minimum Gasteiger partial charge on any atom is -0.349 e. The average Bonchev–Trinajstić information content (AvgIpc) is 2.83. The zero-order valence-electron chi connectivity index (χ0n) is 11.0. The first kappa shape index (κ1) is 12.8. The van der Waals surface area contributed by atoms with E-state index in [2.05, 4.69) is 22.5 Å². The van der Waals surface area contributed by atoms with Gasteiger partial charge in [0.05, 0.1) is 5.69 Å². The molecule has 0 radical (unpaired) electrons. The maximum atomic E-state index is 6.04. The molecule has 0 aliphatic rings. The maximum Gasteiger partial charge on any atom is 0.126 e. The van der Waals surface area contributed by atoms with Crippen LogP contribution in [0.2, 0.25) is 0 Å². The Morgan fingerprint density at radius 2 is 1.94 bits per heavy atom. The molecule has 0 saturated carbocycles. The molecule has 0 saturated heterocycles. The third kappa shape index (κ3) is 2.78. The Morgan fingerprint density at radius 3 is 2.50 bits per heavy atom. The Kier molecular flexibility index (Phi) is 4.12. The number of aromatic nitrogens is 2. The summed E-state index contributed by atoms with van der Waals surface area (Å²) in [5, 5.41) is 7.31. The topological polar surface area (TPSA) is 39.1 Å². The first-order chi connectivity index (χ1) is 8.72. The highest BCUT2D eigenvalue weighted by Crippen LogP contribution is 2.26. The molecule has 18 heavy (non-hydrogen) atoms. The summed E-state index contributed by atoms with van der Waals surface area (Å²) >= 11 is 0. The lowest BCUT2D eigenvalue weighted by molar-refractivity contribution is 0.000292. The molecule has 4 nitrogen and oxygen atoms in total. The second kappa shape index (κ2) is 5.80. The van der Waals surface area contributed by atoms with E-state index < -0.39 is 0 Å². The Morgan fingerprint density at radius 1 is 1.22 bits per heavy atom. The molecule has 0 spiro atoms. The molecule has 1 heterocycles. The maximum absolute atomic E-state index is 6.04. The van der Waals surface area contributed by atoms with Crippen LogP contribution in [0.25, 0.3) is 0 Å². The highest BCUT2D eigenvalue weighted by atomic mass is 16.5. The van der Waals surface area contributed by atoms with Crippen molar-refractivity contribution in [2.45, 2.75) is 19.3 Å². The van der Waals surface area contributed by atoms with Gasteiger partial charge in [0.1, 0.15) is 12.3 Å². The molecule has 1 unspecified atom stereocenters. The van der Waals surface area contributed by atoms with Crippen LogP contribution in [0.15, 0.2) is 42.6 Å². The molecule has 4 heteroatoms. The van der Waals surface area contributed by atoms with Gasteiger partial charge in [-0.1, -0.05) is 30.3 Å². The number of hydrogen-bond acceptors (Lipinski definition) is 3. The van der Waals surface area contributed by atoms with Crippen LogP contribution in [0, 0.1) is 0 Å². The van der Waals surface area contributed by atoms with Crippen molar-refractivity contribution in [2.24, 2.45) is 7.05 Å². The third-order valence-electron chi connectivity index (χ3n) is 2.98. The summed E-state index contributed by atoms with van der Waals surface area (Å²) in [6.07, 6.45) is 1.66. The van der Waals surface area contributed by atoms with Gasteiger partial charge in [0.15, 0.2) is 0 Å². The van der Waals surface area contributed by atoms with Crippen LogP contribution in [0.1, 0.15) is 24.3 Å². The summed E-state index contributed by atoms with van der Waals surface area (Å²) in [5.41, 5.74) is 2.17. The standard InChI is InChI=1S/C14H19N3O/c1-11(15-2)18-14(12-7-5-4-6-8-12)13-9-10-16-17(13)3/h4-11,14-15H,1-3H3/t11-,14?/m1/s1. The van der Waals surface area contributed by atoms with Crippen LogP contribution in [-0.2, 0) is 11.8 Å². The zero-order chi connectivity index (χ0) is 13.0. The molecule has 96 valence electrons. The summed E-state index contributed by atoms with van der Waals surface area (Å²) in [5.74, 6) is 0. The molecule has 0 bridgehead atoms. The van der Waals surface area contributed by atoms with Crippen molar-refractivity contribution >= 4 is 0 Å². The van der Waals surface area contributed by atoms with Crippen LogP contribution in [0.4, 0.5) is 0 Å². The first-order valence-corrected chi connectivity index (χ1v) is 6.08. The molecule has 0 aliphatic heterocycles. The zero-order valence-corrected chi connectivity index (χ0v) is 11.0. The predicted octanol–water partition coefficient (Wildman–Crippen LogP) is 2.09. The average molecular weight is 245 g/mol. The number of hydrogen-bond donors (Lipinski definition) is 1. The van der Waals surface area contributed by atoms with E-state index in [1.54, 1.807) is 6.20 Å². The van der Waals surface area contributed by atoms with Crippen LogP contribution in [0.3, 0.4) is 0 Å². The van der Waals surface area contributed by atoms with Gasteiger partial charge in [0, 0.05) is 13.2 Å². The van der Waals surface area contributed by atoms with Crippen molar-refractivity contribution in [3.8, 4) is 0 Å². The van der Waals surface area contributed by atoms with Gasteiger partial charge >= 0.3 is 0 Å². The van der Waals surface area contributed by atoms with E-state index in [9.17, 15) is 0 Å². The Labute approximate surface area is 108 Å². The lowest BCUT2D eigenvalue weighted by Crippen LogP contribution is -2.27. The predicted molar refractivity (Wildman–Crippen MR) is 71.1 cm³/mol. The Bertz CT molecular complexity index is 481. The fourth-order valence-electron chi connectivity index (χ4n) is 1.86. The molecule has 2 aromatic rings. The molecule has 2 atom stereocenters. The van der Waals surface area contributed by atoms with Crippen molar-refractivity contribution in [2.75, 3.05) is 7.05 Å². The van der Waals surface area contributed by atoms with Crippen LogP contribution in [0.5, 0.6) is 0 Å². The van der Waals surface area contributed by atoms with E-state index in [-0.39, 0.29) is 12.3 Å². The Balaban J connectivity index is 2.32. The molecule has 0 aliphatic carbocycles. The molecule has 1 aromatic heterocycles.